The van der Waals surface area contributed by atoms with Gasteiger partial charge in [0.05, 0.1) is 18.8 Å². The van der Waals surface area contributed by atoms with Gasteiger partial charge in [0.15, 0.2) is 5.82 Å². The van der Waals surface area contributed by atoms with E-state index in [0.717, 1.165) is 21.1 Å². The SMILES string of the molecule is CCOC(=O)[C@H](C)NC(=O)N1CCc2c(sc3nc(-c4ccc(Cl)cc4)nn23)C1. The summed E-state index contributed by atoms with van der Waals surface area (Å²) in [6, 6.07) is 6.45. The molecule has 1 aromatic carbocycles. The van der Waals surface area contributed by atoms with Gasteiger partial charge in [-0.3, -0.25) is 0 Å². The van der Waals surface area contributed by atoms with Gasteiger partial charge >= 0.3 is 12.0 Å². The first-order valence-corrected chi connectivity index (χ1v) is 10.5. The molecule has 0 bridgehead atoms. The predicted molar refractivity (Wildman–Crippen MR) is 110 cm³/mol. The summed E-state index contributed by atoms with van der Waals surface area (Å²) in [5.74, 6) is 0.214. The number of urea groups is 1. The minimum atomic E-state index is -0.687. The van der Waals surface area contributed by atoms with E-state index in [1.165, 1.54) is 11.3 Å². The number of ether oxygens (including phenoxy) is 1. The standard InChI is InChI=1S/C19H20ClN5O3S/c1-3-28-17(26)11(2)21-18(27)24-9-8-14-15(10-24)29-19-22-16(23-25(14)19)12-4-6-13(20)7-5-12/h4-7,11H,3,8-10H2,1-2H3,(H,21,27)/t11-/m0/s1. The summed E-state index contributed by atoms with van der Waals surface area (Å²) in [5, 5.41) is 8.01. The molecule has 10 heteroatoms. The molecular formula is C19H20ClN5O3S. The Labute approximate surface area is 176 Å². The second kappa shape index (κ2) is 8.00. The highest BCUT2D eigenvalue weighted by molar-refractivity contribution is 7.17. The maximum atomic E-state index is 12.5. The monoisotopic (exact) mass is 433 g/mol. The number of nitrogens with zero attached hydrogens (tertiary/aromatic N) is 4. The third kappa shape index (κ3) is 3.92. The predicted octanol–water partition coefficient (Wildman–Crippen LogP) is 3.13. The number of hydrogen-bond donors (Lipinski definition) is 1. The molecule has 1 N–H and O–H groups in total. The van der Waals surface area contributed by atoms with Crippen molar-refractivity contribution in [3.05, 3.63) is 39.9 Å². The van der Waals surface area contributed by atoms with Crippen molar-refractivity contribution in [2.24, 2.45) is 0 Å². The molecule has 4 rings (SSSR count). The molecule has 2 amide bonds. The van der Waals surface area contributed by atoms with Crippen LogP contribution in [0.5, 0.6) is 0 Å². The molecule has 0 radical (unpaired) electrons. The fraction of sp³-hybridized carbons (Fsp3) is 0.368. The molecule has 0 saturated carbocycles. The Kier molecular flexibility index (Phi) is 5.42. The van der Waals surface area contributed by atoms with Crippen molar-refractivity contribution in [2.45, 2.75) is 32.9 Å². The Morgan fingerprint density at radius 3 is 2.83 bits per heavy atom. The van der Waals surface area contributed by atoms with Gasteiger partial charge in [-0.15, -0.1) is 5.10 Å². The molecule has 1 atom stereocenters. The number of benzene rings is 1. The van der Waals surface area contributed by atoms with Crippen molar-refractivity contribution in [3.63, 3.8) is 0 Å². The van der Waals surface area contributed by atoms with Crippen LogP contribution in [0.2, 0.25) is 5.02 Å². The molecule has 0 saturated heterocycles. The average molecular weight is 434 g/mol. The molecule has 1 aliphatic heterocycles. The van der Waals surface area contributed by atoms with Gasteiger partial charge in [0.2, 0.25) is 4.96 Å². The van der Waals surface area contributed by atoms with Gasteiger partial charge in [0.1, 0.15) is 6.04 Å². The van der Waals surface area contributed by atoms with E-state index in [0.29, 0.717) is 30.4 Å². The fourth-order valence-electron chi connectivity index (χ4n) is 3.19. The zero-order valence-electron chi connectivity index (χ0n) is 16.0. The highest BCUT2D eigenvalue weighted by atomic mass is 35.5. The van der Waals surface area contributed by atoms with Crippen LogP contribution < -0.4 is 5.32 Å². The largest absolute Gasteiger partial charge is 0.464 e. The van der Waals surface area contributed by atoms with Gasteiger partial charge < -0.3 is 15.0 Å². The van der Waals surface area contributed by atoms with Crippen LogP contribution in [-0.2, 0) is 22.5 Å². The molecule has 152 valence electrons. The van der Waals surface area contributed by atoms with E-state index in [1.54, 1.807) is 18.7 Å². The van der Waals surface area contributed by atoms with E-state index in [4.69, 9.17) is 16.3 Å². The van der Waals surface area contributed by atoms with Crippen LogP contribution in [0, 0.1) is 0 Å². The third-order valence-corrected chi connectivity index (χ3v) is 6.00. The summed E-state index contributed by atoms with van der Waals surface area (Å²) in [4.78, 5) is 32.4. The number of thiazole rings is 1. The van der Waals surface area contributed by atoms with E-state index < -0.39 is 12.0 Å². The van der Waals surface area contributed by atoms with Gasteiger partial charge in [-0.25, -0.2) is 14.1 Å². The van der Waals surface area contributed by atoms with Crippen molar-refractivity contribution >= 4 is 39.9 Å². The molecule has 2 aromatic heterocycles. The van der Waals surface area contributed by atoms with Gasteiger partial charge in [-0.1, -0.05) is 22.9 Å². The molecular weight excluding hydrogens is 414 g/mol. The second-order valence-corrected chi connectivity index (χ2v) is 8.20. The number of esters is 1. The van der Waals surface area contributed by atoms with Crippen molar-refractivity contribution in [1.29, 1.82) is 0 Å². The summed E-state index contributed by atoms with van der Waals surface area (Å²) in [5.41, 5.74) is 1.98. The lowest BCUT2D eigenvalue weighted by atomic mass is 10.2. The average Bonchev–Trinajstić information content (AvgIpc) is 3.26. The summed E-state index contributed by atoms with van der Waals surface area (Å²) in [6.07, 6.45) is 0.667. The first-order chi connectivity index (χ1) is 14.0. The molecule has 3 aromatic rings. The van der Waals surface area contributed by atoms with E-state index in [2.05, 4.69) is 15.4 Å². The Morgan fingerprint density at radius 2 is 2.10 bits per heavy atom. The molecule has 0 unspecified atom stereocenters. The minimum Gasteiger partial charge on any atom is -0.464 e. The molecule has 0 fully saturated rings. The lowest BCUT2D eigenvalue weighted by Gasteiger charge is -2.27. The van der Waals surface area contributed by atoms with Gasteiger partial charge in [-0.05, 0) is 38.1 Å². The number of carbonyl (C=O) groups is 2. The summed E-state index contributed by atoms with van der Waals surface area (Å²) < 4.78 is 6.80. The van der Waals surface area contributed by atoms with Crippen LogP contribution in [0.25, 0.3) is 16.3 Å². The zero-order chi connectivity index (χ0) is 20.5. The Bertz CT molecular complexity index is 1060. The minimum absolute atomic E-state index is 0.281. The van der Waals surface area contributed by atoms with E-state index in [-0.39, 0.29) is 12.6 Å². The highest BCUT2D eigenvalue weighted by Gasteiger charge is 2.28. The van der Waals surface area contributed by atoms with Crippen LogP contribution in [0.3, 0.4) is 0 Å². The van der Waals surface area contributed by atoms with Crippen LogP contribution in [0.1, 0.15) is 24.4 Å². The first-order valence-electron chi connectivity index (χ1n) is 9.31. The summed E-state index contributed by atoms with van der Waals surface area (Å²) in [7, 11) is 0. The molecule has 0 aliphatic carbocycles. The first kappa shape index (κ1) is 19.7. The lowest BCUT2D eigenvalue weighted by molar-refractivity contribution is -0.144. The highest BCUT2D eigenvalue weighted by Crippen LogP contribution is 2.29. The number of rotatable bonds is 4. The van der Waals surface area contributed by atoms with Crippen molar-refractivity contribution in [1.82, 2.24) is 24.8 Å². The van der Waals surface area contributed by atoms with Crippen LogP contribution in [0.15, 0.2) is 24.3 Å². The Morgan fingerprint density at radius 1 is 1.34 bits per heavy atom. The van der Waals surface area contributed by atoms with Crippen molar-refractivity contribution in [3.8, 4) is 11.4 Å². The summed E-state index contributed by atoms with van der Waals surface area (Å²) in [6.45, 7) is 4.63. The molecule has 3 heterocycles. The fourth-order valence-corrected chi connectivity index (χ4v) is 4.43. The number of nitrogens with one attached hydrogen (secondary N) is 1. The quantitative estimate of drug-likeness (QED) is 0.638. The van der Waals surface area contributed by atoms with Crippen LogP contribution in [-0.4, -0.2) is 50.7 Å². The summed E-state index contributed by atoms with van der Waals surface area (Å²) >= 11 is 7.47. The Hall–Kier alpha value is -2.65. The third-order valence-electron chi connectivity index (χ3n) is 4.69. The maximum Gasteiger partial charge on any atom is 0.328 e. The lowest BCUT2D eigenvalue weighted by Crippen LogP contribution is -2.48. The van der Waals surface area contributed by atoms with Crippen molar-refractivity contribution in [2.75, 3.05) is 13.2 Å². The van der Waals surface area contributed by atoms with Gasteiger partial charge in [0.25, 0.3) is 0 Å². The van der Waals surface area contributed by atoms with E-state index >= 15 is 0 Å². The topological polar surface area (TPSA) is 88.8 Å². The van der Waals surface area contributed by atoms with Gasteiger partial charge in [-0.2, -0.15) is 4.98 Å². The van der Waals surface area contributed by atoms with Crippen LogP contribution >= 0.6 is 22.9 Å². The van der Waals surface area contributed by atoms with E-state index in [1.807, 2.05) is 28.8 Å². The molecule has 1 aliphatic rings. The maximum absolute atomic E-state index is 12.5. The number of amides is 2. The zero-order valence-corrected chi connectivity index (χ0v) is 17.6. The number of fused-ring (bicyclic) bond motifs is 3. The van der Waals surface area contributed by atoms with E-state index in [9.17, 15) is 9.59 Å². The smallest absolute Gasteiger partial charge is 0.328 e. The molecule has 8 nitrogen and oxygen atoms in total. The normalized spacial score (nSPS) is 14.5. The number of carbonyl (C=O) groups excluding carboxylic acids is 2. The molecule has 0 spiro atoms. The Balaban J connectivity index is 1.49. The van der Waals surface area contributed by atoms with Crippen molar-refractivity contribution < 1.29 is 14.3 Å². The second-order valence-electron chi connectivity index (χ2n) is 6.70. The number of hydrogen-bond acceptors (Lipinski definition) is 6. The van der Waals surface area contributed by atoms with Gasteiger partial charge in [0, 0.05) is 28.4 Å². The van der Waals surface area contributed by atoms with Crippen LogP contribution in [0.4, 0.5) is 4.79 Å². The molecule has 29 heavy (non-hydrogen) atoms. The number of halogens is 1. The number of aromatic nitrogens is 3.